The number of hydrogen-bond donors (Lipinski definition) is 2. The van der Waals surface area contributed by atoms with Crippen molar-refractivity contribution >= 4 is 11.6 Å². The van der Waals surface area contributed by atoms with Gasteiger partial charge in [0.25, 0.3) is 0 Å². The summed E-state index contributed by atoms with van der Waals surface area (Å²) < 4.78 is 0. The fraction of sp³-hybridized carbons (Fsp3) is 0.632. The number of nitrogens with zero attached hydrogens (tertiary/aromatic N) is 2. The molecule has 1 aromatic rings. The van der Waals surface area contributed by atoms with E-state index in [1.54, 1.807) is 4.90 Å². The monoisotopic (exact) mass is 331 g/mol. The molecule has 1 atom stereocenters. The predicted octanol–water partition coefficient (Wildman–Crippen LogP) is 1.85. The average Bonchev–Trinajstić information content (AvgIpc) is 2.94. The van der Waals surface area contributed by atoms with Crippen LogP contribution in [0.5, 0.6) is 0 Å². The van der Waals surface area contributed by atoms with E-state index in [1.165, 1.54) is 11.3 Å². The molecule has 2 N–H and O–H groups in total. The summed E-state index contributed by atoms with van der Waals surface area (Å²) in [5.74, 6) is 0.190. The Labute approximate surface area is 144 Å². The Morgan fingerprint density at radius 2 is 2.04 bits per heavy atom. The van der Waals surface area contributed by atoms with Gasteiger partial charge >= 0.3 is 0 Å². The van der Waals surface area contributed by atoms with Gasteiger partial charge in [-0.25, -0.2) is 0 Å². The molecule has 1 aromatic carbocycles. The van der Waals surface area contributed by atoms with Crippen molar-refractivity contribution < 1.29 is 9.90 Å². The highest BCUT2D eigenvalue weighted by Crippen LogP contribution is 2.18. The number of anilines is 1. The number of aliphatic hydroxyl groups is 1. The van der Waals surface area contributed by atoms with E-state index in [9.17, 15) is 9.90 Å². The van der Waals surface area contributed by atoms with Gasteiger partial charge in [-0.15, -0.1) is 0 Å². The van der Waals surface area contributed by atoms with E-state index in [2.05, 4.69) is 41.4 Å². The van der Waals surface area contributed by atoms with Crippen LogP contribution in [0.15, 0.2) is 24.3 Å². The number of likely N-dealkylation sites (tertiary alicyclic amines) is 2. The van der Waals surface area contributed by atoms with Crippen LogP contribution in [0.3, 0.4) is 0 Å². The molecular weight excluding hydrogens is 302 g/mol. The summed E-state index contributed by atoms with van der Waals surface area (Å²) in [6.07, 6.45) is 3.31. The SMILES string of the molecule is Cc1cccc(NC2CCN(CC(O)CN3CCCC3=O)CC2)c1. The molecule has 1 unspecified atom stereocenters. The Bertz CT molecular complexity index is 555. The Kier molecular flexibility index (Phi) is 5.74. The van der Waals surface area contributed by atoms with Crippen LogP contribution in [0.25, 0.3) is 0 Å². The first kappa shape index (κ1) is 17.2. The van der Waals surface area contributed by atoms with E-state index >= 15 is 0 Å². The number of piperidine rings is 1. The van der Waals surface area contributed by atoms with Crippen molar-refractivity contribution in [1.82, 2.24) is 9.80 Å². The summed E-state index contributed by atoms with van der Waals surface area (Å²) >= 11 is 0. The first-order valence-electron chi connectivity index (χ1n) is 9.11. The van der Waals surface area contributed by atoms with Gasteiger partial charge in [0.2, 0.25) is 5.91 Å². The molecule has 2 aliphatic rings. The second-order valence-corrected chi connectivity index (χ2v) is 7.19. The van der Waals surface area contributed by atoms with E-state index in [4.69, 9.17) is 0 Å². The summed E-state index contributed by atoms with van der Waals surface area (Å²) in [5, 5.41) is 13.9. The molecule has 0 bridgehead atoms. The number of hydrogen-bond acceptors (Lipinski definition) is 4. The maximum Gasteiger partial charge on any atom is 0.222 e. The molecule has 0 aliphatic carbocycles. The number of rotatable bonds is 6. The normalized spacial score (nSPS) is 21.2. The molecule has 2 aliphatic heterocycles. The highest BCUT2D eigenvalue weighted by Gasteiger charge is 2.25. The minimum atomic E-state index is -0.437. The number of nitrogens with one attached hydrogen (secondary N) is 1. The molecule has 0 spiro atoms. The third-order valence-corrected chi connectivity index (χ3v) is 5.05. The number of benzene rings is 1. The highest BCUT2D eigenvalue weighted by atomic mass is 16.3. The molecule has 5 heteroatoms. The summed E-state index contributed by atoms with van der Waals surface area (Å²) in [6.45, 7) is 6.06. The van der Waals surface area contributed by atoms with Crippen LogP contribution >= 0.6 is 0 Å². The molecule has 132 valence electrons. The van der Waals surface area contributed by atoms with Gasteiger partial charge < -0.3 is 20.2 Å². The smallest absolute Gasteiger partial charge is 0.222 e. The van der Waals surface area contributed by atoms with Crippen molar-refractivity contribution in [2.45, 2.75) is 44.8 Å². The van der Waals surface area contributed by atoms with Crippen LogP contribution in [-0.2, 0) is 4.79 Å². The third-order valence-electron chi connectivity index (χ3n) is 5.05. The average molecular weight is 331 g/mol. The second-order valence-electron chi connectivity index (χ2n) is 7.19. The zero-order valence-corrected chi connectivity index (χ0v) is 14.6. The van der Waals surface area contributed by atoms with Gasteiger partial charge in [0.15, 0.2) is 0 Å². The third kappa shape index (κ3) is 4.71. The number of aryl methyl sites for hydroxylation is 1. The van der Waals surface area contributed by atoms with Crippen LogP contribution in [0.2, 0.25) is 0 Å². The van der Waals surface area contributed by atoms with Crippen LogP contribution < -0.4 is 5.32 Å². The second kappa shape index (κ2) is 7.99. The zero-order chi connectivity index (χ0) is 16.9. The van der Waals surface area contributed by atoms with Crippen molar-refractivity contribution in [3.8, 4) is 0 Å². The largest absolute Gasteiger partial charge is 0.390 e. The number of amides is 1. The molecular formula is C19H29N3O2. The van der Waals surface area contributed by atoms with E-state index in [1.807, 2.05) is 0 Å². The standard InChI is InChI=1S/C19H29N3O2/c1-15-4-2-5-17(12-15)20-16-7-10-21(11-8-16)13-18(23)14-22-9-3-6-19(22)24/h2,4-5,12,16,18,20,23H,3,6-11,13-14H2,1H3. The summed E-state index contributed by atoms with van der Waals surface area (Å²) in [5.41, 5.74) is 2.47. The molecule has 0 aromatic heterocycles. The number of aliphatic hydroxyl groups excluding tert-OH is 1. The molecule has 1 amide bonds. The van der Waals surface area contributed by atoms with Gasteiger partial charge in [0.05, 0.1) is 6.10 Å². The van der Waals surface area contributed by atoms with Crippen LogP contribution in [0.1, 0.15) is 31.2 Å². The molecule has 3 rings (SSSR count). The van der Waals surface area contributed by atoms with Gasteiger partial charge in [0.1, 0.15) is 0 Å². The van der Waals surface area contributed by atoms with Crippen LogP contribution in [0, 0.1) is 6.92 Å². The van der Waals surface area contributed by atoms with Crippen molar-refractivity contribution in [2.24, 2.45) is 0 Å². The van der Waals surface area contributed by atoms with Gasteiger partial charge in [-0.3, -0.25) is 4.79 Å². The van der Waals surface area contributed by atoms with Gasteiger partial charge in [-0.2, -0.15) is 0 Å². The minimum absolute atomic E-state index is 0.190. The molecule has 2 heterocycles. The molecule has 0 saturated carbocycles. The number of carbonyl (C=O) groups is 1. The summed E-state index contributed by atoms with van der Waals surface area (Å²) in [7, 11) is 0. The molecule has 5 nitrogen and oxygen atoms in total. The van der Waals surface area contributed by atoms with Gasteiger partial charge in [-0.1, -0.05) is 12.1 Å². The Morgan fingerprint density at radius 3 is 2.71 bits per heavy atom. The number of carbonyl (C=O) groups excluding carboxylic acids is 1. The number of β-amino-alcohol motifs (C(OH)–C–C–N with tert-alkyl or cyclic N) is 1. The quantitative estimate of drug-likeness (QED) is 0.835. The van der Waals surface area contributed by atoms with Crippen molar-refractivity contribution in [3.05, 3.63) is 29.8 Å². The first-order valence-corrected chi connectivity index (χ1v) is 9.11. The lowest BCUT2D eigenvalue weighted by Crippen LogP contribution is -2.45. The van der Waals surface area contributed by atoms with Gasteiger partial charge in [0, 0.05) is 50.9 Å². The topological polar surface area (TPSA) is 55.8 Å². The molecule has 24 heavy (non-hydrogen) atoms. The van der Waals surface area contributed by atoms with E-state index < -0.39 is 6.10 Å². The maximum absolute atomic E-state index is 11.6. The molecule has 0 radical (unpaired) electrons. The zero-order valence-electron chi connectivity index (χ0n) is 14.6. The van der Waals surface area contributed by atoms with Crippen molar-refractivity contribution in [1.29, 1.82) is 0 Å². The maximum atomic E-state index is 11.6. The first-order chi connectivity index (χ1) is 11.6. The fourth-order valence-corrected chi connectivity index (χ4v) is 3.74. The van der Waals surface area contributed by atoms with Crippen LogP contribution in [-0.4, -0.2) is 65.7 Å². The Morgan fingerprint density at radius 1 is 1.25 bits per heavy atom. The summed E-state index contributed by atoms with van der Waals surface area (Å²) in [6, 6.07) is 9.00. The van der Waals surface area contributed by atoms with E-state index in [-0.39, 0.29) is 5.91 Å². The minimum Gasteiger partial charge on any atom is -0.390 e. The van der Waals surface area contributed by atoms with Crippen molar-refractivity contribution in [2.75, 3.05) is 38.0 Å². The van der Waals surface area contributed by atoms with Gasteiger partial charge in [-0.05, 0) is 43.9 Å². The summed E-state index contributed by atoms with van der Waals surface area (Å²) in [4.78, 5) is 15.8. The highest BCUT2D eigenvalue weighted by molar-refractivity contribution is 5.78. The van der Waals surface area contributed by atoms with E-state index in [0.29, 0.717) is 25.6 Å². The Balaban J connectivity index is 1.39. The molecule has 2 saturated heterocycles. The predicted molar refractivity (Wildman–Crippen MR) is 96.1 cm³/mol. The van der Waals surface area contributed by atoms with Crippen LogP contribution in [0.4, 0.5) is 5.69 Å². The lowest BCUT2D eigenvalue weighted by atomic mass is 10.0. The lowest BCUT2D eigenvalue weighted by molar-refractivity contribution is -0.129. The van der Waals surface area contributed by atoms with Crippen molar-refractivity contribution in [3.63, 3.8) is 0 Å². The molecule has 2 fully saturated rings. The Hall–Kier alpha value is -1.59. The lowest BCUT2D eigenvalue weighted by Gasteiger charge is -2.34. The fourth-order valence-electron chi connectivity index (χ4n) is 3.74. The van der Waals surface area contributed by atoms with E-state index in [0.717, 1.165) is 38.9 Å².